The van der Waals surface area contributed by atoms with E-state index in [4.69, 9.17) is 14.7 Å². The lowest BCUT2D eigenvalue weighted by molar-refractivity contribution is -0.000703. The molecule has 1 aliphatic rings. The quantitative estimate of drug-likeness (QED) is 0.746. The van der Waals surface area contributed by atoms with Gasteiger partial charge in [0.15, 0.2) is 5.60 Å². The van der Waals surface area contributed by atoms with Gasteiger partial charge in [-0.05, 0) is 17.7 Å². The first-order valence-corrected chi connectivity index (χ1v) is 8.79. The van der Waals surface area contributed by atoms with Gasteiger partial charge >= 0.3 is 0 Å². The highest BCUT2D eigenvalue weighted by atomic mass is 32.2. The Bertz CT molecular complexity index is 681. The summed E-state index contributed by atoms with van der Waals surface area (Å²) >= 11 is 0. The summed E-state index contributed by atoms with van der Waals surface area (Å²) in [6.07, 6.45) is 0.433. The summed E-state index contributed by atoms with van der Waals surface area (Å²) in [4.78, 5) is 0. The Labute approximate surface area is 135 Å². The topological polar surface area (TPSA) is 79.6 Å². The number of rotatable bonds is 7. The number of benzene rings is 1. The molecular weight excluding hydrogens is 323 g/mol. The molecule has 1 unspecified atom stereocenters. The van der Waals surface area contributed by atoms with Crippen molar-refractivity contribution in [1.82, 2.24) is 4.31 Å². The summed E-state index contributed by atoms with van der Waals surface area (Å²) in [5, 5.41) is 9.13. The number of nitriles is 1. The number of sulfonamides is 1. The normalized spacial score (nSPS) is 21.5. The lowest BCUT2D eigenvalue weighted by Crippen LogP contribution is -2.36. The maximum atomic E-state index is 13.1. The number of hydrogen-bond donors (Lipinski definition) is 0. The predicted molar refractivity (Wildman–Crippen MR) is 81.4 cm³/mol. The van der Waals surface area contributed by atoms with E-state index in [9.17, 15) is 12.8 Å². The average molecular weight is 342 g/mol. The van der Waals surface area contributed by atoms with Gasteiger partial charge in [0.2, 0.25) is 10.0 Å². The lowest BCUT2D eigenvalue weighted by atomic mass is 10.1. The van der Waals surface area contributed by atoms with Crippen LogP contribution in [0.4, 0.5) is 4.39 Å². The van der Waals surface area contributed by atoms with E-state index in [0.717, 1.165) is 4.31 Å². The fourth-order valence-corrected chi connectivity index (χ4v) is 3.22. The molecule has 0 amide bonds. The van der Waals surface area contributed by atoms with Crippen molar-refractivity contribution in [3.63, 3.8) is 0 Å². The maximum Gasteiger partial charge on any atom is 0.216 e. The average Bonchev–Trinajstić information content (AvgIpc) is 2.96. The van der Waals surface area contributed by atoms with Crippen molar-refractivity contribution in [1.29, 1.82) is 5.26 Å². The van der Waals surface area contributed by atoms with Gasteiger partial charge in [-0.1, -0.05) is 12.1 Å². The van der Waals surface area contributed by atoms with Crippen molar-refractivity contribution in [3.05, 3.63) is 35.6 Å². The zero-order chi connectivity index (χ0) is 16.9. The predicted octanol–water partition coefficient (Wildman–Crippen LogP) is 1.29. The summed E-state index contributed by atoms with van der Waals surface area (Å²) in [5.41, 5.74) is -0.480. The second-order valence-electron chi connectivity index (χ2n) is 5.46. The van der Waals surface area contributed by atoms with E-state index in [2.05, 4.69) is 0 Å². The third-order valence-corrected chi connectivity index (χ3v) is 5.44. The van der Waals surface area contributed by atoms with Gasteiger partial charge in [0, 0.05) is 20.0 Å². The van der Waals surface area contributed by atoms with Crippen LogP contribution in [0.3, 0.4) is 0 Å². The Hall–Kier alpha value is -1.53. The molecule has 1 heterocycles. The summed E-state index contributed by atoms with van der Waals surface area (Å²) in [5.74, 6) is -0.656. The zero-order valence-electron chi connectivity index (χ0n) is 12.9. The van der Waals surface area contributed by atoms with Crippen molar-refractivity contribution in [2.45, 2.75) is 18.6 Å². The highest BCUT2D eigenvalue weighted by Crippen LogP contribution is 2.22. The Morgan fingerprint density at radius 3 is 2.91 bits per heavy atom. The van der Waals surface area contributed by atoms with E-state index in [1.807, 2.05) is 6.07 Å². The van der Waals surface area contributed by atoms with Gasteiger partial charge in [0.05, 0.1) is 25.6 Å². The minimum Gasteiger partial charge on any atom is -0.377 e. The van der Waals surface area contributed by atoms with Gasteiger partial charge in [0.1, 0.15) is 11.9 Å². The molecule has 2 rings (SSSR count). The van der Waals surface area contributed by atoms with Crippen molar-refractivity contribution in [2.75, 3.05) is 32.6 Å². The van der Waals surface area contributed by atoms with Crippen LogP contribution in [-0.4, -0.2) is 50.9 Å². The van der Waals surface area contributed by atoms with E-state index < -0.39 is 21.4 Å². The minimum absolute atomic E-state index is 0.0760. The van der Waals surface area contributed by atoms with Crippen LogP contribution in [0.1, 0.15) is 12.0 Å². The van der Waals surface area contributed by atoms with Crippen molar-refractivity contribution in [3.8, 4) is 6.07 Å². The van der Waals surface area contributed by atoms with E-state index in [1.165, 1.54) is 25.2 Å². The molecule has 126 valence electrons. The number of hydrogen-bond acceptors (Lipinski definition) is 5. The standard InChI is InChI=1S/C15H19FN2O4S/c1-18(10-13-3-2-4-14(16)9-13)23(19,20)8-7-22-15(11-17)5-6-21-12-15/h2-4,9H,5-8,10,12H2,1H3. The first kappa shape index (κ1) is 17.8. The van der Waals surface area contributed by atoms with Gasteiger partial charge in [-0.3, -0.25) is 0 Å². The van der Waals surface area contributed by atoms with Crippen LogP contribution in [-0.2, 0) is 26.0 Å². The van der Waals surface area contributed by atoms with Gasteiger partial charge in [-0.2, -0.15) is 5.26 Å². The molecule has 0 bridgehead atoms. The van der Waals surface area contributed by atoms with Crippen LogP contribution in [0.25, 0.3) is 0 Å². The van der Waals surface area contributed by atoms with Gasteiger partial charge < -0.3 is 9.47 Å². The van der Waals surface area contributed by atoms with E-state index in [0.29, 0.717) is 18.6 Å². The second-order valence-corrected chi connectivity index (χ2v) is 7.65. The Morgan fingerprint density at radius 1 is 1.52 bits per heavy atom. The molecule has 0 saturated carbocycles. The molecule has 8 heteroatoms. The molecule has 1 fully saturated rings. The number of halogens is 1. The smallest absolute Gasteiger partial charge is 0.216 e. The molecular formula is C15H19FN2O4S. The molecule has 1 atom stereocenters. The first-order valence-electron chi connectivity index (χ1n) is 7.18. The maximum absolute atomic E-state index is 13.1. The Balaban J connectivity index is 1.89. The van der Waals surface area contributed by atoms with Crippen molar-refractivity contribution < 1.29 is 22.3 Å². The minimum atomic E-state index is -3.56. The van der Waals surface area contributed by atoms with Crippen LogP contribution >= 0.6 is 0 Å². The molecule has 23 heavy (non-hydrogen) atoms. The van der Waals surface area contributed by atoms with Gasteiger partial charge in [0.25, 0.3) is 0 Å². The second kappa shape index (κ2) is 7.36. The van der Waals surface area contributed by atoms with Gasteiger partial charge in [-0.15, -0.1) is 0 Å². The SMILES string of the molecule is CN(Cc1cccc(F)c1)S(=O)(=O)CCOC1(C#N)CCOC1. The molecule has 0 spiro atoms. The molecule has 1 saturated heterocycles. The van der Waals surface area contributed by atoms with Crippen LogP contribution in [0.5, 0.6) is 0 Å². The van der Waals surface area contributed by atoms with Crippen LogP contribution in [0.15, 0.2) is 24.3 Å². The fraction of sp³-hybridized carbons (Fsp3) is 0.533. The Morgan fingerprint density at radius 2 is 2.30 bits per heavy atom. The number of ether oxygens (including phenoxy) is 2. The van der Waals surface area contributed by atoms with Crippen LogP contribution in [0, 0.1) is 17.1 Å². The fourth-order valence-electron chi connectivity index (χ4n) is 2.27. The van der Waals surface area contributed by atoms with E-state index in [-0.39, 0.29) is 25.5 Å². The van der Waals surface area contributed by atoms with E-state index >= 15 is 0 Å². The molecule has 1 aromatic carbocycles. The van der Waals surface area contributed by atoms with Gasteiger partial charge in [-0.25, -0.2) is 17.1 Å². The third-order valence-electron chi connectivity index (χ3n) is 3.68. The molecule has 1 aliphatic heterocycles. The van der Waals surface area contributed by atoms with Crippen LogP contribution in [0.2, 0.25) is 0 Å². The van der Waals surface area contributed by atoms with Crippen LogP contribution < -0.4 is 0 Å². The van der Waals surface area contributed by atoms with Crippen molar-refractivity contribution in [2.24, 2.45) is 0 Å². The molecule has 0 N–H and O–H groups in total. The largest absolute Gasteiger partial charge is 0.377 e. The third kappa shape index (κ3) is 4.72. The molecule has 1 aromatic rings. The lowest BCUT2D eigenvalue weighted by Gasteiger charge is -2.21. The van der Waals surface area contributed by atoms with Crippen molar-refractivity contribution >= 4 is 10.0 Å². The summed E-state index contributed by atoms with van der Waals surface area (Å²) in [6, 6.07) is 7.83. The number of nitrogens with zero attached hydrogens (tertiary/aromatic N) is 2. The highest BCUT2D eigenvalue weighted by molar-refractivity contribution is 7.89. The molecule has 6 nitrogen and oxygen atoms in total. The summed E-state index contributed by atoms with van der Waals surface area (Å²) < 4.78 is 49.3. The first-order chi connectivity index (χ1) is 10.9. The molecule has 0 aromatic heterocycles. The Kier molecular flexibility index (Phi) is 5.70. The molecule has 0 aliphatic carbocycles. The monoisotopic (exact) mass is 342 g/mol. The highest BCUT2D eigenvalue weighted by Gasteiger charge is 2.36. The summed E-state index contributed by atoms with van der Waals surface area (Å²) in [7, 11) is -2.13. The zero-order valence-corrected chi connectivity index (χ0v) is 13.7. The summed E-state index contributed by atoms with van der Waals surface area (Å²) in [6.45, 7) is 0.571. The van der Waals surface area contributed by atoms with E-state index in [1.54, 1.807) is 6.07 Å². The molecule has 0 radical (unpaired) electrons.